The van der Waals surface area contributed by atoms with E-state index in [1.54, 1.807) is 24.5 Å². The third-order valence-electron chi connectivity index (χ3n) is 5.06. The van der Waals surface area contributed by atoms with E-state index in [2.05, 4.69) is 20.1 Å². The molecule has 1 aromatic carbocycles. The van der Waals surface area contributed by atoms with E-state index in [9.17, 15) is 10.1 Å². The van der Waals surface area contributed by atoms with Gasteiger partial charge in [0.2, 0.25) is 0 Å². The number of rotatable bonds is 5. The smallest absolute Gasteiger partial charge is 0.269 e. The lowest BCUT2D eigenvalue weighted by Crippen LogP contribution is -2.34. The third kappa shape index (κ3) is 3.41. The second kappa shape index (κ2) is 7.17. The monoisotopic (exact) mass is 352 g/mol. The van der Waals surface area contributed by atoms with E-state index in [0.717, 1.165) is 55.9 Å². The van der Waals surface area contributed by atoms with Gasteiger partial charge in [-0.25, -0.2) is 0 Å². The van der Waals surface area contributed by atoms with E-state index in [1.807, 2.05) is 22.7 Å². The van der Waals surface area contributed by atoms with Gasteiger partial charge in [-0.1, -0.05) is 12.1 Å². The molecule has 134 valence electrons. The molecule has 0 aliphatic carbocycles. The highest BCUT2D eigenvalue weighted by atomic mass is 16.6. The van der Waals surface area contributed by atoms with Gasteiger partial charge in [-0.2, -0.15) is 0 Å². The molecule has 0 N–H and O–H groups in total. The zero-order chi connectivity index (χ0) is 17.9. The van der Waals surface area contributed by atoms with Crippen molar-refractivity contribution in [3.05, 3.63) is 64.4 Å². The minimum Gasteiger partial charge on any atom is -0.303 e. The Labute approximate surface area is 150 Å². The van der Waals surface area contributed by atoms with Crippen LogP contribution in [-0.4, -0.2) is 49.0 Å². The molecule has 0 amide bonds. The number of non-ortho nitro benzene ring substituents is 1. The highest BCUT2D eigenvalue weighted by Crippen LogP contribution is 2.27. The van der Waals surface area contributed by atoms with Gasteiger partial charge in [0.1, 0.15) is 5.82 Å². The number of likely N-dealkylation sites (tertiary alicyclic amines) is 1. The number of fused-ring (bicyclic) bond motifs is 1. The fraction of sp³-hybridized carbons (Fsp3) is 0.389. The number of hydrogen-bond acceptors (Lipinski definition) is 6. The SMILES string of the molecule is O=[N+]([O-])c1ccc(CCN2CCC(c3nnc4cnccn34)CC2)cc1. The normalized spacial score (nSPS) is 16.2. The summed E-state index contributed by atoms with van der Waals surface area (Å²) in [6.07, 6.45) is 8.44. The summed E-state index contributed by atoms with van der Waals surface area (Å²) in [7, 11) is 0. The van der Waals surface area contributed by atoms with Crippen molar-refractivity contribution in [3.63, 3.8) is 0 Å². The van der Waals surface area contributed by atoms with Gasteiger partial charge in [-0.05, 0) is 37.9 Å². The second-order valence-corrected chi connectivity index (χ2v) is 6.65. The summed E-state index contributed by atoms with van der Waals surface area (Å²) in [4.78, 5) is 16.9. The Morgan fingerprint density at radius 3 is 2.65 bits per heavy atom. The molecule has 1 aliphatic rings. The van der Waals surface area contributed by atoms with E-state index in [-0.39, 0.29) is 10.6 Å². The van der Waals surface area contributed by atoms with E-state index in [4.69, 9.17) is 0 Å². The summed E-state index contributed by atoms with van der Waals surface area (Å²) < 4.78 is 2.03. The molecular formula is C18H20N6O2. The number of benzene rings is 1. The molecule has 0 saturated carbocycles. The van der Waals surface area contributed by atoms with Crippen molar-refractivity contribution >= 4 is 11.3 Å². The minimum absolute atomic E-state index is 0.144. The van der Waals surface area contributed by atoms with Crippen molar-refractivity contribution < 1.29 is 4.92 Å². The summed E-state index contributed by atoms with van der Waals surface area (Å²) in [5.74, 6) is 1.44. The number of piperidine rings is 1. The van der Waals surface area contributed by atoms with Gasteiger partial charge in [-0.15, -0.1) is 10.2 Å². The molecule has 1 fully saturated rings. The van der Waals surface area contributed by atoms with Crippen LogP contribution >= 0.6 is 0 Å². The van der Waals surface area contributed by atoms with Crippen molar-refractivity contribution in [3.8, 4) is 0 Å². The summed E-state index contributed by atoms with van der Waals surface area (Å²) in [6.45, 7) is 3.02. The maximum Gasteiger partial charge on any atom is 0.269 e. The number of aromatic nitrogens is 4. The molecule has 8 heteroatoms. The Kier molecular flexibility index (Phi) is 4.57. The summed E-state index contributed by atoms with van der Waals surface area (Å²) in [5.41, 5.74) is 2.07. The van der Waals surface area contributed by atoms with Crippen molar-refractivity contribution in [1.82, 2.24) is 24.5 Å². The molecule has 0 atom stereocenters. The van der Waals surface area contributed by atoms with Crippen molar-refractivity contribution in [1.29, 1.82) is 0 Å². The lowest BCUT2D eigenvalue weighted by Gasteiger charge is -2.31. The first-order chi connectivity index (χ1) is 12.7. The lowest BCUT2D eigenvalue weighted by atomic mass is 9.95. The van der Waals surface area contributed by atoms with Crippen LogP contribution in [0.1, 0.15) is 30.1 Å². The van der Waals surface area contributed by atoms with E-state index in [1.165, 1.54) is 0 Å². The average molecular weight is 352 g/mol. The molecule has 3 heterocycles. The van der Waals surface area contributed by atoms with Crippen molar-refractivity contribution in [2.75, 3.05) is 19.6 Å². The Balaban J connectivity index is 1.31. The first-order valence-electron chi connectivity index (χ1n) is 8.81. The number of nitro groups is 1. The van der Waals surface area contributed by atoms with Crippen LogP contribution < -0.4 is 0 Å². The van der Waals surface area contributed by atoms with Crippen LogP contribution in [-0.2, 0) is 6.42 Å². The lowest BCUT2D eigenvalue weighted by molar-refractivity contribution is -0.384. The van der Waals surface area contributed by atoms with Gasteiger partial charge >= 0.3 is 0 Å². The van der Waals surface area contributed by atoms with Crippen molar-refractivity contribution in [2.45, 2.75) is 25.2 Å². The molecule has 0 radical (unpaired) electrons. The number of nitrogens with zero attached hydrogens (tertiary/aromatic N) is 6. The average Bonchev–Trinajstić information content (AvgIpc) is 3.11. The maximum atomic E-state index is 10.7. The topological polar surface area (TPSA) is 89.5 Å². The third-order valence-corrected chi connectivity index (χ3v) is 5.06. The molecule has 2 aromatic heterocycles. The van der Waals surface area contributed by atoms with Gasteiger partial charge in [0.15, 0.2) is 5.65 Å². The highest BCUT2D eigenvalue weighted by Gasteiger charge is 2.24. The summed E-state index contributed by atoms with van der Waals surface area (Å²) in [5, 5.41) is 19.3. The van der Waals surface area contributed by atoms with Gasteiger partial charge in [0.05, 0.1) is 11.1 Å². The molecular weight excluding hydrogens is 332 g/mol. The molecule has 0 bridgehead atoms. The Morgan fingerprint density at radius 1 is 1.15 bits per heavy atom. The highest BCUT2D eigenvalue weighted by molar-refractivity contribution is 5.34. The zero-order valence-electron chi connectivity index (χ0n) is 14.4. The standard InChI is InChI=1S/C18H20N6O2/c25-24(26)16-3-1-14(2-4-16)5-9-22-10-6-15(7-11-22)18-21-20-17-13-19-8-12-23(17)18/h1-4,8,12-13,15H,5-7,9-11H2. The number of hydrogen-bond donors (Lipinski definition) is 0. The molecule has 3 aromatic rings. The Morgan fingerprint density at radius 2 is 1.92 bits per heavy atom. The van der Waals surface area contributed by atoms with Crippen LogP contribution in [0.5, 0.6) is 0 Å². The molecule has 1 saturated heterocycles. The van der Waals surface area contributed by atoms with Gasteiger partial charge < -0.3 is 4.90 Å². The molecule has 0 unspecified atom stereocenters. The Hall–Kier alpha value is -2.87. The predicted octanol–water partition coefficient (Wildman–Crippen LogP) is 2.45. The van der Waals surface area contributed by atoms with Crippen LogP contribution in [0.25, 0.3) is 5.65 Å². The van der Waals surface area contributed by atoms with Crippen LogP contribution in [0.3, 0.4) is 0 Å². The van der Waals surface area contributed by atoms with Crippen LogP contribution in [0, 0.1) is 10.1 Å². The largest absolute Gasteiger partial charge is 0.303 e. The van der Waals surface area contributed by atoms with Gasteiger partial charge in [0, 0.05) is 37.0 Å². The fourth-order valence-electron chi connectivity index (χ4n) is 3.54. The van der Waals surface area contributed by atoms with E-state index < -0.39 is 0 Å². The first kappa shape index (κ1) is 16.6. The van der Waals surface area contributed by atoms with E-state index >= 15 is 0 Å². The second-order valence-electron chi connectivity index (χ2n) is 6.65. The fourth-order valence-corrected chi connectivity index (χ4v) is 3.54. The molecule has 1 aliphatic heterocycles. The van der Waals surface area contributed by atoms with Crippen LogP contribution in [0.2, 0.25) is 0 Å². The quantitative estimate of drug-likeness (QED) is 0.517. The molecule has 4 rings (SSSR count). The van der Waals surface area contributed by atoms with Gasteiger partial charge in [-0.3, -0.25) is 19.5 Å². The summed E-state index contributed by atoms with van der Waals surface area (Å²) in [6, 6.07) is 6.85. The van der Waals surface area contributed by atoms with Crippen molar-refractivity contribution in [2.24, 2.45) is 0 Å². The Bertz CT molecular complexity index is 899. The maximum absolute atomic E-state index is 10.7. The first-order valence-corrected chi connectivity index (χ1v) is 8.81. The molecule has 8 nitrogen and oxygen atoms in total. The number of nitro benzene ring substituents is 1. The predicted molar refractivity (Wildman–Crippen MR) is 96.0 cm³/mol. The zero-order valence-corrected chi connectivity index (χ0v) is 14.4. The van der Waals surface area contributed by atoms with Gasteiger partial charge in [0.25, 0.3) is 5.69 Å². The van der Waals surface area contributed by atoms with Crippen LogP contribution in [0.15, 0.2) is 42.9 Å². The molecule has 26 heavy (non-hydrogen) atoms. The molecule has 0 spiro atoms. The van der Waals surface area contributed by atoms with E-state index in [0.29, 0.717) is 5.92 Å². The summed E-state index contributed by atoms with van der Waals surface area (Å²) >= 11 is 0. The van der Waals surface area contributed by atoms with Crippen LogP contribution in [0.4, 0.5) is 5.69 Å². The minimum atomic E-state index is -0.362.